The summed E-state index contributed by atoms with van der Waals surface area (Å²) >= 11 is 3.15. The standard InChI is InChI=1S/C14H18BrN3O6/c1-2-3-6-24-13(23)17-8-14(11(21)22,7-9(17)10(19)20)18-5-4-16-12(18)15/h4-5,9H,2-3,6-8H2,1H3,(H,19,20)(H,21,22)/t9-,14+/m0/s1. The molecule has 1 aromatic rings. The first kappa shape index (κ1) is 18.2. The third-order valence-electron chi connectivity index (χ3n) is 4.04. The molecule has 0 saturated carbocycles. The van der Waals surface area contributed by atoms with Gasteiger partial charge < -0.3 is 19.5 Å². The highest BCUT2D eigenvalue weighted by Gasteiger charge is 2.56. The van der Waals surface area contributed by atoms with Crippen molar-refractivity contribution in [2.45, 2.75) is 37.8 Å². The molecule has 1 fully saturated rings. The summed E-state index contributed by atoms with van der Waals surface area (Å²) in [6.07, 6.45) is 3.19. The fraction of sp³-hybridized carbons (Fsp3) is 0.571. The Balaban J connectivity index is 2.33. The summed E-state index contributed by atoms with van der Waals surface area (Å²) in [6, 6.07) is -1.29. The third kappa shape index (κ3) is 3.23. The maximum Gasteiger partial charge on any atom is 0.410 e. The number of carboxylic acid groups (broad SMARTS) is 2. The number of amides is 1. The van der Waals surface area contributed by atoms with Gasteiger partial charge in [0.15, 0.2) is 10.3 Å². The molecule has 2 rings (SSSR count). The van der Waals surface area contributed by atoms with Crippen molar-refractivity contribution in [3.63, 3.8) is 0 Å². The quantitative estimate of drug-likeness (QED) is 0.690. The van der Waals surface area contributed by atoms with E-state index in [1.54, 1.807) is 0 Å². The molecule has 0 spiro atoms. The predicted molar refractivity (Wildman–Crippen MR) is 84.5 cm³/mol. The molecule has 24 heavy (non-hydrogen) atoms. The molecule has 2 heterocycles. The predicted octanol–water partition coefficient (Wildman–Crippen LogP) is 1.52. The van der Waals surface area contributed by atoms with Gasteiger partial charge in [-0.05, 0) is 22.4 Å². The highest BCUT2D eigenvalue weighted by molar-refractivity contribution is 9.10. The van der Waals surface area contributed by atoms with E-state index >= 15 is 0 Å². The van der Waals surface area contributed by atoms with E-state index in [4.69, 9.17) is 4.74 Å². The molecule has 1 saturated heterocycles. The van der Waals surface area contributed by atoms with Gasteiger partial charge >= 0.3 is 18.0 Å². The summed E-state index contributed by atoms with van der Waals surface area (Å²) < 4.78 is 6.63. The van der Waals surface area contributed by atoms with Crippen LogP contribution in [-0.4, -0.2) is 61.9 Å². The number of rotatable bonds is 6. The van der Waals surface area contributed by atoms with Crippen LogP contribution in [0, 0.1) is 0 Å². The van der Waals surface area contributed by atoms with Crippen molar-refractivity contribution >= 4 is 34.0 Å². The first-order valence-corrected chi connectivity index (χ1v) is 8.21. The fourth-order valence-electron chi connectivity index (χ4n) is 2.72. The lowest BCUT2D eigenvalue weighted by Crippen LogP contribution is -2.45. The van der Waals surface area contributed by atoms with Gasteiger partial charge in [-0.3, -0.25) is 4.90 Å². The number of hydrogen-bond acceptors (Lipinski definition) is 5. The summed E-state index contributed by atoms with van der Waals surface area (Å²) in [4.78, 5) is 40.6. The number of hydrogen-bond donors (Lipinski definition) is 2. The summed E-state index contributed by atoms with van der Waals surface area (Å²) in [5.41, 5.74) is -1.62. The van der Waals surface area contributed by atoms with Crippen LogP contribution in [0.5, 0.6) is 0 Å². The van der Waals surface area contributed by atoms with Crippen LogP contribution in [0.15, 0.2) is 17.1 Å². The van der Waals surface area contributed by atoms with Gasteiger partial charge in [0.05, 0.1) is 13.2 Å². The molecular formula is C14H18BrN3O6. The number of aliphatic carboxylic acids is 2. The average molecular weight is 404 g/mol. The lowest BCUT2D eigenvalue weighted by Gasteiger charge is -2.26. The first-order chi connectivity index (χ1) is 11.3. The molecule has 0 bridgehead atoms. The van der Waals surface area contributed by atoms with E-state index in [0.29, 0.717) is 6.42 Å². The molecule has 10 heteroatoms. The van der Waals surface area contributed by atoms with Crippen LogP contribution in [0.25, 0.3) is 0 Å². The Kier molecular flexibility index (Phi) is 5.47. The van der Waals surface area contributed by atoms with Gasteiger partial charge in [0.2, 0.25) is 0 Å². The molecule has 0 aromatic carbocycles. The number of carboxylic acids is 2. The van der Waals surface area contributed by atoms with Gasteiger partial charge in [-0.15, -0.1) is 0 Å². The van der Waals surface area contributed by atoms with Crippen molar-refractivity contribution in [2.75, 3.05) is 13.2 Å². The SMILES string of the molecule is CCCCOC(=O)N1C[C@](C(=O)O)(n2ccnc2Br)C[C@H]1C(=O)O. The van der Waals surface area contributed by atoms with Gasteiger partial charge in [-0.25, -0.2) is 19.4 Å². The van der Waals surface area contributed by atoms with Crippen LogP contribution in [0.1, 0.15) is 26.2 Å². The zero-order valence-corrected chi connectivity index (χ0v) is 14.6. The average Bonchev–Trinajstić information content (AvgIpc) is 3.12. The summed E-state index contributed by atoms with van der Waals surface area (Å²) in [5.74, 6) is -2.52. The first-order valence-electron chi connectivity index (χ1n) is 7.42. The smallest absolute Gasteiger partial charge is 0.410 e. The number of nitrogens with zero attached hydrogens (tertiary/aromatic N) is 3. The molecule has 1 aliphatic heterocycles. The minimum atomic E-state index is -1.62. The van der Waals surface area contributed by atoms with Crippen LogP contribution in [-0.2, 0) is 19.9 Å². The Hall–Kier alpha value is -2.10. The third-order valence-corrected chi connectivity index (χ3v) is 4.62. The lowest BCUT2D eigenvalue weighted by molar-refractivity contribution is -0.147. The molecule has 0 radical (unpaired) electrons. The van der Waals surface area contributed by atoms with E-state index in [1.807, 2.05) is 6.92 Å². The second kappa shape index (κ2) is 7.20. The Morgan fingerprint density at radius 1 is 1.46 bits per heavy atom. The largest absolute Gasteiger partial charge is 0.480 e. The molecular weight excluding hydrogens is 386 g/mol. The van der Waals surface area contributed by atoms with Crippen LogP contribution in [0.4, 0.5) is 4.79 Å². The topological polar surface area (TPSA) is 122 Å². The number of aromatic nitrogens is 2. The van der Waals surface area contributed by atoms with Crippen molar-refractivity contribution in [1.29, 1.82) is 0 Å². The Morgan fingerprint density at radius 3 is 2.67 bits per heavy atom. The molecule has 1 aromatic heterocycles. The summed E-state index contributed by atoms with van der Waals surface area (Å²) in [7, 11) is 0. The Bertz CT molecular complexity index is 648. The molecule has 132 valence electrons. The van der Waals surface area contributed by atoms with E-state index in [1.165, 1.54) is 17.0 Å². The molecule has 0 aliphatic carbocycles. The minimum Gasteiger partial charge on any atom is -0.480 e. The van der Waals surface area contributed by atoms with Crippen LogP contribution < -0.4 is 0 Å². The van der Waals surface area contributed by atoms with E-state index in [0.717, 1.165) is 11.3 Å². The number of unbranched alkanes of at least 4 members (excludes halogenated alkanes) is 1. The Morgan fingerprint density at radius 2 is 2.17 bits per heavy atom. The number of likely N-dealkylation sites (tertiary alicyclic amines) is 1. The minimum absolute atomic E-state index is 0.160. The van der Waals surface area contributed by atoms with Gasteiger partial charge in [-0.1, -0.05) is 13.3 Å². The fourth-order valence-corrected chi connectivity index (χ4v) is 3.30. The molecule has 1 aliphatic rings. The molecule has 9 nitrogen and oxygen atoms in total. The molecule has 1 amide bonds. The maximum atomic E-state index is 12.2. The van der Waals surface area contributed by atoms with Gasteiger partial charge in [0.1, 0.15) is 6.04 Å². The number of ether oxygens (including phenoxy) is 1. The van der Waals surface area contributed by atoms with Gasteiger partial charge in [0.25, 0.3) is 0 Å². The summed E-state index contributed by atoms with van der Waals surface area (Å²) in [6.45, 7) is 1.77. The highest BCUT2D eigenvalue weighted by atomic mass is 79.9. The van der Waals surface area contributed by atoms with Crippen molar-refractivity contribution in [3.05, 3.63) is 17.1 Å². The molecule has 0 unspecified atom stereocenters. The van der Waals surface area contributed by atoms with Gasteiger partial charge in [-0.2, -0.15) is 0 Å². The highest BCUT2D eigenvalue weighted by Crippen LogP contribution is 2.36. The lowest BCUT2D eigenvalue weighted by atomic mass is 9.96. The van der Waals surface area contributed by atoms with E-state index < -0.39 is 29.6 Å². The summed E-state index contributed by atoms with van der Waals surface area (Å²) in [5, 5.41) is 19.1. The van der Waals surface area contributed by atoms with Crippen LogP contribution >= 0.6 is 15.9 Å². The van der Waals surface area contributed by atoms with E-state index in [-0.39, 0.29) is 24.3 Å². The van der Waals surface area contributed by atoms with Crippen molar-refractivity contribution < 1.29 is 29.3 Å². The Labute approximate surface area is 146 Å². The van der Waals surface area contributed by atoms with Crippen molar-refractivity contribution in [1.82, 2.24) is 14.5 Å². The molecule has 2 N–H and O–H groups in total. The second-order valence-corrected chi connectivity index (χ2v) is 6.27. The van der Waals surface area contributed by atoms with E-state index in [9.17, 15) is 24.6 Å². The van der Waals surface area contributed by atoms with Crippen molar-refractivity contribution in [2.24, 2.45) is 0 Å². The number of carbonyl (C=O) groups is 3. The number of imidazole rings is 1. The monoisotopic (exact) mass is 403 g/mol. The van der Waals surface area contributed by atoms with Crippen LogP contribution in [0.3, 0.4) is 0 Å². The maximum absolute atomic E-state index is 12.2. The van der Waals surface area contributed by atoms with E-state index in [2.05, 4.69) is 20.9 Å². The number of carbonyl (C=O) groups excluding carboxylic acids is 1. The van der Waals surface area contributed by atoms with Gasteiger partial charge in [0, 0.05) is 18.8 Å². The van der Waals surface area contributed by atoms with Crippen LogP contribution in [0.2, 0.25) is 0 Å². The van der Waals surface area contributed by atoms with Crippen molar-refractivity contribution in [3.8, 4) is 0 Å². The second-order valence-electron chi connectivity index (χ2n) is 5.56. The molecule has 2 atom stereocenters. The zero-order valence-electron chi connectivity index (χ0n) is 13.0. The normalized spacial score (nSPS) is 23.2. The zero-order chi connectivity index (χ0) is 17.9. The number of halogens is 1.